The van der Waals surface area contributed by atoms with Crippen molar-refractivity contribution < 1.29 is 19.7 Å². The van der Waals surface area contributed by atoms with Gasteiger partial charge in [-0.25, -0.2) is 0 Å². The Morgan fingerprint density at radius 1 is 1.19 bits per heavy atom. The molecule has 1 fully saturated rings. The molecule has 0 aliphatic heterocycles. The fourth-order valence-corrected chi connectivity index (χ4v) is 2.38. The molecule has 96 valence electrons. The maximum atomic E-state index is 10.3. The maximum absolute atomic E-state index is 10.3. The van der Waals surface area contributed by atoms with Gasteiger partial charge in [0.05, 0.1) is 38.1 Å². The summed E-state index contributed by atoms with van der Waals surface area (Å²) in [6.07, 6.45) is 4.64. The molecule has 0 heterocycles. The van der Waals surface area contributed by atoms with Gasteiger partial charge in [-0.3, -0.25) is 0 Å². The zero-order valence-corrected chi connectivity index (χ0v) is 10.2. The summed E-state index contributed by atoms with van der Waals surface area (Å²) in [6.45, 7) is 3.40. The third-order valence-electron chi connectivity index (χ3n) is 3.22. The molecule has 0 saturated heterocycles. The predicted octanol–water partition coefficient (Wildman–Crippen LogP) is 1.10. The van der Waals surface area contributed by atoms with Gasteiger partial charge in [-0.15, -0.1) is 0 Å². The van der Waals surface area contributed by atoms with Gasteiger partial charge in [0.1, 0.15) is 0 Å². The van der Waals surface area contributed by atoms with Crippen LogP contribution in [0.3, 0.4) is 0 Å². The van der Waals surface area contributed by atoms with E-state index >= 15 is 0 Å². The van der Waals surface area contributed by atoms with Gasteiger partial charge in [0.15, 0.2) is 0 Å². The minimum atomic E-state index is -0.619. The van der Waals surface area contributed by atoms with Crippen LogP contribution in [0.1, 0.15) is 39.0 Å². The molecule has 0 radical (unpaired) electrons. The van der Waals surface area contributed by atoms with Gasteiger partial charge in [0, 0.05) is 0 Å². The number of aliphatic hydroxyl groups excluding tert-OH is 1. The Balaban J connectivity index is 2.21. The molecular weight excluding hydrogens is 208 g/mol. The van der Waals surface area contributed by atoms with Crippen molar-refractivity contribution in [3.63, 3.8) is 0 Å². The van der Waals surface area contributed by atoms with Gasteiger partial charge in [0.2, 0.25) is 0 Å². The second kappa shape index (κ2) is 7.22. The Morgan fingerprint density at radius 3 is 2.44 bits per heavy atom. The molecule has 1 rings (SSSR count). The zero-order chi connectivity index (χ0) is 11.9. The van der Waals surface area contributed by atoms with Crippen LogP contribution in [0.5, 0.6) is 0 Å². The normalized spacial score (nSPS) is 21.2. The summed E-state index contributed by atoms with van der Waals surface area (Å²) in [7, 11) is 0. The number of rotatable bonds is 8. The second-order valence-electron chi connectivity index (χ2n) is 4.41. The molecule has 0 amide bonds. The van der Waals surface area contributed by atoms with Crippen LogP contribution in [0.2, 0.25) is 0 Å². The molecule has 1 unspecified atom stereocenters. The van der Waals surface area contributed by atoms with Crippen molar-refractivity contribution in [2.24, 2.45) is 0 Å². The molecule has 2 N–H and O–H groups in total. The largest absolute Gasteiger partial charge is 0.394 e. The molecule has 1 aliphatic rings. The fourth-order valence-electron chi connectivity index (χ4n) is 2.38. The molecule has 0 aromatic carbocycles. The van der Waals surface area contributed by atoms with E-state index in [0.717, 1.165) is 32.1 Å². The summed E-state index contributed by atoms with van der Waals surface area (Å²) in [5.41, 5.74) is -0.619. The first-order valence-electron chi connectivity index (χ1n) is 6.25. The second-order valence-corrected chi connectivity index (χ2v) is 4.41. The van der Waals surface area contributed by atoms with Gasteiger partial charge in [-0.2, -0.15) is 0 Å². The van der Waals surface area contributed by atoms with Crippen molar-refractivity contribution in [3.8, 4) is 0 Å². The lowest BCUT2D eigenvalue weighted by molar-refractivity contribution is -0.116. The van der Waals surface area contributed by atoms with Crippen molar-refractivity contribution in [3.05, 3.63) is 0 Å². The quantitative estimate of drug-likeness (QED) is 0.615. The molecule has 4 nitrogen and oxygen atoms in total. The Bertz CT molecular complexity index is 178. The Morgan fingerprint density at radius 2 is 1.88 bits per heavy atom. The van der Waals surface area contributed by atoms with Crippen molar-refractivity contribution >= 4 is 0 Å². The average Bonchev–Trinajstić information content (AvgIpc) is 2.71. The Labute approximate surface area is 97.6 Å². The van der Waals surface area contributed by atoms with E-state index in [1.807, 2.05) is 6.92 Å². The van der Waals surface area contributed by atoms with Crippen molar-refractivity contribution in [2.75, 3.05) is 26.4 Å². The molecule has 0 aromatic rings. The van der Waals surface area contributed by atoms with Crippen molar-refractivity contribution in [1.82, 2.24) is 0 Å². The molecule has 4 heteroatoms. The SMILES string of the molecule is CCC(OCCOCCO)C1(O)CCCC1. The summed E-state index contributed by atoms with van der Waals surface area (Å²) in [5.74, 6) is 0. The minimum absolute atomic E-state index is 0.0428. The first kappa shape index (κ1) is 13.9. The van der Waals surface area contributed by atoms with E-state index in [1.54, 1.807) is 0 Å². The summed E-state index contributed by atoms with van der Waals surface area (Å²) < 4.78 is 10.8. The summed E-state index contributed by atoms with van der Waals surface area (Å²) in [5, 5.41) is 18.9. The lowest BCUT2D eigenvalue weighted by Crippen LogP contribution is -2.41. The van der Waals surface area contributed by atoms with Crippen LogP contribution in [-0.4, -0.2) is 48.3 Å². The molecular formula is C12H24O4. The van der Waals surface area contributed by atoms with E-state index < -0.39 is 5.60 Å². The number of ether oxygens (including phenoxy) is 2. The first-order chi connectivity index (χ1) is 7.73. The maximum Gasteiger partial charge on any atom is 0.0908 e. The lowest BCUT2D eigenvalue weighted by atomic mass is 9.93. The Hall–Kier alpha value is -0.160. The molecule has 0 spiro atoms. The van der Waals surface area contributed by atoms with Crippen molar-refractivity contribution in [2.45, 2.75) is 50.7 Å². The minimum Gasteiger partial charge on any atom is -0.394 e. The van der Waals surface area contributed by atoms with Crippen LogP contribution < -0.4 is 0 Å². The van der Waals surface area contributed by atoms with Crippen LogP contribution in [0.25, 0.3) is 0 Å². The average molecular weight is 232 g/mol. The van der Waals surface area contributed by atoms with Crippen LogP contribution in [0, 0.1) is 0 Å². The van der Waals surface area contributed by atoms with Crippen LogP contribution in [0.15, 0.2) is 0 Å². The highest BCUT2D eigenvalue weighted by molar-refractivity contribution is 4.91. The molecule has 0 aromatic heterocycles. The van der Waals surface area contributed by atoms with Crippen molar-refractivity contribution in [1.29, 1.82) is 0 Å². The zero-order valence-electron chi connectivity index (χ0n) is 10.2. The predicted molar refractivity (Wildman–Crippen MR) is 61.4 cm³/mol. The Kier molecular flexibility index (Phi) is 6.28. The van der Waals surface area contributed by atoms with E-state index in [4.69, 9.17) is 14.6 Å². The van der Waals surface area contributed by atoms with Gasteiger partial charge >= 0.3 is 0 Å². The van der Waals surface area contributed by atoms with Crippen LogP contribution in [0.4, 0.5) is 0 Å². The number of hydrogen-bond donors (Lipinski definition) is 2. The lowest BCUT2D eigenvalue weighted by Gasteiger charge is -2.31. The molecule has 16 heavy (non-hydrogen) atoms. The number of aliphatic hydroxyl groups is 2. The van der Waals surface area contributed by atoms with E-state index in [0.29, 0.717) is 19.8 Å². The smallest absolute Gasteiger partial charge is 0.0908 e. The highest BCUT2D eigenvalue weighted by Crippen LogP contribution is 2.35. The van der Waals surface area contributed by atoms with E-state index in [-0.39, 0.29) is 12.7 Å². The van der Waals surface area contributed by atoms with E-state index in [2.05, 4.69) is 0 Å². The van der Waals surface area contributed by atoms with Gasteiger partial charge < -0.3 is 19.7 Å². The van der Waals surface area contributed by atoms with E-state index in [9.17, 15) is 5.11 Å². The highest BCUT2D eigenvalue weighted by Gasteiger charge is 2.38. The third kappa shape index (κ3) is 4.01. The fraction of sp³-hybridized carbons (Fsp3) is 1.00. The molecule has 1 atom stereocenters. The van der Waals surface area contributed by atoms with Gasteiger partial charge in [0.25, 0.3) is 0 Å². The molecule has 1 aliphatic carbocycles. The van der Waals surface area contributed by atoms with Gasteiger partial charge in [-0.05, 0) is 19.3 Å². The standard InChI is InChI=1S/C12H24O4/c1-2-11(12(14)5-3-4-6-12)16-10-9-15-8-7-13/h11,13-14H,2-10H2,1H3. The summed E-state index contributed by atoms with van der Waals surface area (Å²) in [6, 6.07) is 0. The monoisotopic (exact) mass is 232 g/mol. The summed E-state index contributed by atoms with van der Waals surface area (Å²) >= 11 is 0. The van der Waals surface area contributed by atoms with Gasteiger partial charge in [-0.1, -0.05) is 19.8 Å². The number of hydrogen-bond acceptors (Lipinski definition) is 4. The first-order valence-corrected chi connectivity index (χ1v) is 6.25. The topological polar surface area (TPSA) is 58.9 Å². The highest BCUT2D eigenvalue weighted by atomic mass is 16.5. The molecule has 0 bridgehead atoms. The van der Waals surface area contributed by atoms with Crippen LogP contribution >= 0.6 is 0 Å². The van der Waals surface area contributed by atoms with E-state index in [1.165, 1.54) is 0 Å². The summed E-state index contributed by atoms with van der Waals surface area (Å²) in [4.78, 5) is 0. The van der Waals surface area contributed by atoms with Crippen LogP contribution in [-0.2, 0) is 9.47 Å². The molecule has 1 saturated carbocycles. The third-order valence-corrected chi connectivity index (χ3v) is 3.22.